The first-order chi connectivity index (χ1) is 14.4. The van der Waals surface area contributed by atoms with Crippen molar-refractivity contribution in [2.45, 2.75) is 57.2 Å². The summed E-state index contributed by atoms with van der Waals surface area (Å²) in [5, 5.41) is 1.14. The number of nitrogens with zero attached hydrogens (tertiary/aromatic N) is 1. The van der Waals surface area contributed by atoms with E-state index in [4.69, 9.17) is 8.37 Å². The standard InChI is InChI=1S/C21H32BrNO6S2Si/c1-21(2,3)32(6,7)23-9-8-14-11-17(22)18-15(12-28-30(4,24)25)10-16(19(18)20(14)23)13-29-31(5,26)27/h8-9,11,15-16H,10,12-13H2,1-7H3/t15-,16+/m0/s1. The van der Waals surface area contributed by atoms with Gasteiger partial charge >= 0.3 is 0 Å². The van der Waals surface area contributed by atoms with Gasteiger partial charge in [0.25, 0.3) is 20.2 Å². The second-order valence-corrected chi connectivity index (χ2v) is 19.5. The number of fused-ring (bicyclic) bond motifs is 3. The van der Waals surface area contributed by atoms with Crippen LogP contribution in [0.5, 0.6) is 0 Å². The number of halogens is 1. The second kappa shape index (κ2) is 8.49. The van der Waals surface area contributed by atoms with E-state index in [0.717, 1.165) is 39.0 Å². The Bertz CT molecular complexity index is 1250. The fourth-order valence-electron chi connectivity index (χ4n) is 4.27. The summed E-state index contributed by atoms with van der Waals surface area (Å²) in [4.78, 5) is 0. The summed E-state index contributed by atoms with van der Waals surface area (Å²) in [5.74, 6) is -0.402. The Kier molecular flexibility index (Phi) is 6.87. The van der Waals surface area contributed by atoms with Crippen LogP contribution in [-0.4, -0.2) is 55.0 Å². The number of hydrogen-bond acceptors (Lipinski definition) is 6. The molecule has 3 rings (SSSR count). The van der Waals surface area contributed by atoms with Crippen molar-refractivity contribution in [2.24, 2.45) is 0 Å². The number of aromatic nitrogens is 1. The number of hydrogen-bond donors (Lipinski definition) is 0. The summed E-state index contributed by atoms with van der Waals surface area (Å²) in [7, 11) is -9.22. The van der Waals surface area contributed by atoms with E-state index < -0.39 is 28.5 Å². The molecule has 7 nitrogen and oxygen atoms in total. The Morgan fingerprint density at radius 2 is 1.53 bits per heavy atom. The van der Waals surface area contributed by atoms with E-state index in [1.54, 1.807) is 0 Å². The molecule has 2 aromatic rings. The van der Waals surface area contributed by atoms with Gasteiger partial charge in [-0.15, -0.1) is 0 Å². The molecule has 0 N–H and O–H groups in total. The second-order valence-electron chi connectivity index (χ2n) is 10.2. The maximum atomic E-state index is 11.7. The minimum absolute atomic E-state index is 0.00607. The van der Waals surface area contributed by atoms with Gasteiger partial charge in [0.15, 0.2) is 8.24 Å². The first-order valence-electron chi connectivity index (χ1n) is 10.4. The van der Waals surface area contributed by atoms with Crippen LogP contribution in [0.15, 0.2) is 22.8 Å². The Labute approximate surface area is 200 Å². The summed E-state index contributed by atoms with van der Waals surface area (Å²) < 4.78 is 60.4. The molecule has 1 aromatic heterocycles. The van der Waals surface area contributed by atoms with Gasteiger partial charge in [-0.05, 0) is 40.9 Å². The third-order valence-electron chi connectivity index (χ3n) is 6.79. The molecule has 180 valence electrons. The predicted molar refractivity (Wildman–Crippen MR) is 134 cm³/mol. The molecular weight excluding hydrogens is 534 g/mol. The first-order valence-corrected chi connectivity index (χ1v) is 17.8. The molecule has 0 unspecified atom stereocenters. The van der Waals surface area contributed by atoms with Gasteiger partial charge in [0.2, 0.25) is 0 Å². The molecule has 0 bridgehead atoms. The normalized spacial score (nSPS) is 20.1. The largest absolute Gasteiger partial charge is 0.374 e. The minimum atomic E-state index is -3.62. The lowest BCUT2D eigenvalue weighted by Crippen LogP contribution is -2.45. The highest BCUT2D eigenvalue weighted by Crippen LogP contribution is 2.50. The van der Waals surface area contributed by atoms with E-state index in [9.17, 15) is 16.8 Å². The van der Waals surface area contributed by atoms with Crippen LogP contribution in [0, 0.1) is 0 Å². The van der Waals surface area contributed by atoms with Crippen LogP contribution in [0.4, 0.5) is 0 Å². The van der Waals surface area contributed by atoms with Crippen molar-refractivity contribution in [3.63, 3.8) is 0 Å². The lowest BCUT2D eigenvalue weighted by atomic mass is 9.99. The fourth-order valence-corrected chi connectivity index (χ4v) is 7.85. The van der Waals surface area contributed by atoms with E-state index in [0.29, 0.717) is 6.42 Å². The lowest BCUT2D eigenvalue weighted by Gasteiger charge is -2.39. The van der Waals surface area contributed by atoms with Gasteiger partial charge in [0.05, 0.1) is 25.7 Å². The summed E-state index contributed by atoms with van der Waals surface area (Å²) in [6, 6.07) is 4.15. The van der Waals surface area contributed by atoms with Gasteiger partial charge in [0, 0.05) is 27.2 Å². The third-order valence-corrected chi connectivity index (χ3v) is 13.8. The van der Waals surface area contributed by atoms with Gasteiger partial charge < -0.3 is 4.23 Å². The van der Waals surface area contributed by atoms with E-state index in [1.165, 1.54) is 0 Å². The van der Waals surface area contributed by atoms with Gasteiger partial charge in [-0.1, -0.05) is 49.8 Å². The van der Waals surface area contributed by atoms with E-state index in [2.05, 4.69) is 72.4 Å². The smallest absolute Gasteiger partial charge is 0.264 e. The molecule has 0 radical (unpaired) electrons. The van der Waals surface area contributed by atoms with Crippen molar-refractivity contribution in [1.82, 2.24) is 4.23 Å². The average Bonchev–Trinajstić information content (AvgIpc) is 3.17. The van der Waals surface area contributed by atoms with E-state index in [-0.39, 0.29) is 30.1 Å². The maximum Gasteiger partial charge on any atom is 0.264 e. The van der Waals surface area contributed by atoms with E-state index in [1.807, 2.05) is 0 Å². The molecule has 0 saturated heterocycles. The van der Waals surface area contributed by atoms with Crippen molar-refractivity contribution in [3.8, 4) is 0 Å². The molecule has 0 saturated carbocycles. The zero-order valence-electron chi connectivity index (χ0n) is 19.6. The van der Waals surface area contributed by atoms with Gasteiger partial charge in [0.1, 0.15) is 0 Å². The molecule has 0 aliphatic heterocycles. The monoisotopic (exact) mass is 565 g/mol. The first kappa shape index (κ1) is 25.9. The van der Waals surface area contributed by atoms with Crippen molar-refractivity contribution in [3.05, 3.63) is 33.9 Å². The molecule has 0 spiro atoms. The quantitative estimate of drug-likeness (QED) is 0.354. The lowest BCUT2D eigenvalue weighted by molar-refractivity contribution is 0.264. The third kappa shape index (κ3) is 5.17. The molecule has 1 aliphatic carbocycles. The highest BCUT2D eigenvalue weighted by atomic mass is 79.9. The van der Waals surface area contributed by atoms with Crippen LogP contribution in [0.25, 0.3) is 10.9 Å². The Hall–Kier alpha value is -0.723. The average molecular weight is 567 g/mol. The Morgan fingerprint density at radius 1 is 1.03 bits per heavy atom. The molecule has 11 heteroatoms. The van der Waals surface area contributed by atoms with Crippen LogP contribution in [0.2, 0.25) is 18.1 Å². The summed E-state index contributed by atoms with van der Waals surface area (Å²) >= 11 is 3.68. The van der Waals surface area contributed by atoms with Crippen LogP contribution < -0.4 is 0 Å². The zero-order chi connectivity index (χ0) is 24.3. The Morgan fingerprint density at radius 3 is 2.00 bits per heavy atom. The van der Waals surface area contributed by atoms with Gasteiger partial charge in [-0.25, -0.2) is 0 Å². The molecule has 0 amide bonds. The van der Waals surface area contributed by atoms with Crippen LogP contribution in [0.3, 0.4) is 0 Å². The summed E-state index contributed by atoms with van der Waals surface area (Å²) in [6.45, 7) is 11.4. The van der Waals surface area contributed by atoms with Gasteiger partial charge in [-0.3, -0.25) is 8.37 Å². The number of rotatable bonds is 7. The minimum Gasteiger partial charge on any atom is -0.374 e. The summed E-state index contributed by atoms with van der Waals surface area (Å²) in [5.41, 5.74) is 3.08. The van der Waals surface area contributed by atoms with Crippen LogP contribution in [-0.2, 0) is 28.6 Å². The molecule has 1 aliphatic rings. The van der Waals surface area contributed by atoms with Crippen molar-refractivity contribution >= 4 is 55.3 Å². The molecule has 1 heterocycles. The maximum absolute atomic E-state index is 11.7. The molecule has 2 atom stereocenters. The SMILES string of the molecule is CC(C)(C)[Si](C)(C)n1ccc2cc(Br)c3c(c21)[C@@H](COS(C)(=O)=O)C[C@H]3COS(C)(=O)=O. The number of benzene rings is 1. The van der Waals surface area contributed by atoms with Gasteiger partial charge in [-0.2, -0.15) is 16.8 Å². The summed E-state index contributed by atoms with van der Waals surface area (Å²) in [6.07, 6.45) is 4.75. The highest BCUT2D eigenvalue weighted by molar-refractivity contribution is 9.10. The van der Waals surface area contributed by atoms with Crippen LogP contribution in [0.1, 0.15) is 50.2 Å². The molecule has 0 fully saturated rings. The van der Waals surface area contributed by atoms with Crippen molar-refractivity contribution in [1.29, 1.82) is 0 Å². The van der Waals surface area contributed by atoms with Crippen molar-refractivity contribution in [2.75, 3.05) is 25.7 Å². The molecule has 1 aromatic carbocycles. The highest BCUT2D eigenvalue weighted by Gasteiger charge is 2.42. The van der Waals surface area contributed by atoms with E-state index >= 15 is 0 Å². The topological polar surface area (TPSA) is 91.7 Å². The molecular formula is C21H32BrNO6S2Si. The Balaban J connectivity index is 2.23. The zero-order valence-corrected chi connectivity index (χ0v) is 23.8. The predicted octanol–water partition coefficient (Wildman–Crippen LogP) is 4.78. The molecule has 32 heavy (non-hydrogen) atoms. The van der Waals surface area contributed by atoms with Crippen molar-refractivity contribution < 1.29 is 25.2 Å². The van der Waals surface area contributed by atoms with Crippen LogP contribution >= 0.6 is 15.9 Å². The fraction of sp³-hybridized carbons (Fsp3) is 0.619.